The molecular weight excluding hydrogens is 294 g/mol. The minimum atomic E-state index is 0.0414. The fraction of sp³-hybridized carbons (Fsp3) is 0.294. The molecule has 0 aliphatic heterocycles. The van der Waals surface area contributed by atoms with E-state index in [9.17, 15) is 4.79 Å². The van der Waals surface area contributed by atoms with Crippen LogP contribution in [0.15, 0.2) is 41.8 Å². The smallest absolute Gasteiger partial charge is 0.275 e. The van der Waals surface area contributed by atoms with Gasteiger partial charge in [-0.15, -0.1) is 11.3 Å². The van der Waals surface area contributed by atoms with Gasteiger partial charge < -0.3 is 10.2 Å². The van der Waals surface area contributed by atoms with Crippen molar-refractivity contribution in [1.29, 1.82) is 5.26 Å². The van der Waals surface area contributed by atoms with Crippen LogP contribution in [0.5, 0.6) is 0 Å². The van der Waals surface area contributed by atoms with Crippen LogP contribution >= 0.6 is 11.3 Å². The molecule has 4 nitrogen and oxygen atoms in total. The Kier molecular flexibility index (Phi) is 6.13. The number of nitriles is 1. The third-order valence-corrected chi connectivity index (χ3v) is 4.41. The second-order valence-corrected chi connectivity index (χ2v) is 6.11. The molecule has 1 atom stereocenters. The average Bonchev–Trinajstić information content (AvgIpc) is 3.06. The minimum Gasteiger partial charge on any atom is -0.346 e. The van der Waals surface area contributed by atoms with Crippen LogP contribution in [-0.2, 0) is 17.9 Å². The van der Waals surface area contributed by atoms with E-state index >= 15 is 0 Å². The lowest BCUT2D eigenvalue weighted by Gasteiger charge is -2.17. The van der Waals surface area contributed by atoms with Crippen molar-refractivity contribution in [3.05, 3.63) is 57.8 Å². The summed E-state index contributed by atoms with van der Waals surface area (Å²) in [7, 11) is 0. The Morgan fingerprint density at radius 1 is 1.32 bits per heavy atom. The zero-order valence-corrected chi connectivity index (χ0v) is 13.5. The van der Waals surface area contributed by atoms with Crippen molar-refractivity contribution in [2.45, 2.75) is 20.0 Å². The zero-order chi connectivity index (χ0) is 15.8. The Bertz CT molecular complexity index is 646. The van der Waals surface area contributed by atoms with Gasteiger partial charge in [-0.2, -0.15) is 5.26 Å². The normalized spacial score (nSPS) is 11.6. The highest BCUT2D eigenvalue weighted by Crippen LogP contribution is 2.07. The van der Waals surface area contributed by atoms with Crippen LogP contribution in [0.4, 0.5) is 0 Å². The molecule has 2 rings (SSSR count). The molecule has 0 aliphatic carbocycles. The molecular formula is C17H20N3OS+. The van der Waals surface area contributed by atoms with E-state index in [1.165, 1.54) is 0 Å². The maximum atomic E-state index is 12.1. The van der Waals surface area contributed by atoms with E-state index in [0.29, 0.717) is 25.2 Å². The standard InChI is InChI=1S/C17H19N3OS/c1-2-20(12-15-7-4-3-6-14(15)10-18)13-17(21)19-11-16-8-5-9-22-16/h3-9H,2,11-13H2,1H3,(H,19,21)/p+1. The second-order valence-electron chi connectivity index (χ2n) is 5.08. The molecule has 1 aromatic carbocycles. The number of thiophene rings is 1. The maximum Gasteiger partial charge on any atom is 0.275 e. The van der Waals surface area contributed by atoms with Gasteiger partial charge in [0, 0.05) is 10.4 Å². The summed E-state index contributed by atoms with van der Waals surface area (Å²) in [5, 5.41) is 14.1. The molecule has 0 fully saturated rings. The number of benzene rings is 1. The quantitative estimate of drug-likeness (QED) is 0.810. The van der Waals surface area contributed by atoms with Gasteiger partial charge >= 0.3 is 0 Å². The molecule has 1 aromatic heterocycles. The van der Waals surface area contributed by atoms with Crippen molar-refractivity contribution in [2.75, 3.05) is 13.1 Å². The number of carbonyl (C=O) groups is 1. The van der Waals surface area contributed by atoms with Gasteiger partial charge in [-0.3, -0.25) is 4.79 Å². The third kappa shape index (κ3) is 4.69. The number of amides is 1. The third-order valence-electron chi connectivity index (χ3n) is 3.53. The van der Waals surface area contributed by atoms with Crippen LogP contribution in [0, 0.1) is 11.3 Å². The lowest BCUT2D eigenvalue weighted by Crippen LogP contribution is -3.11. The van der Waals surface area contributed by atoms with Crippen molar-refractivity contribution >= 4 is 17.2 Å². The van der Waals surface area contributed by atoms with Crippen LogP contribution in [0.1, 0.15) is 22.9 Å². The molecule has 0 spiro atoms. The van der Waals surface area contributed by atoms with Gasteiger partial charge in [0.15, 0.2) is 6.54 Å². The summed E-state index contributed by atoms with van der Waals surface area (Å²) in [6, 6.07) is 13.8. The molecule has 0 aliphatic rings. The Morgan fingerprint density at radius 3 is 2.82 bits per heavy atom. The van der Waals surface area contributed by atoms with Gasteiger partial charge in [0.2, 0.25) is 0 Å². The van der Waals surface area contributed by atoms with Crippen molar-refractivity contribution < 1.29 is 9.69 Å². The first-order valence-corrected chi connectivity index (χ1v) is 8.21. The summed E-state index contributed by atoms with van der Waals surface area (Å²) in [5.74, 6) is 0.0414. The van der Waals surface area contributed by atoms with Crippen LogP contribution in [0.3, 0.4) is 0 Å². The molecule has 1 heterocycles. The summed E-state index contributed by atoms with van der Waals surface area (Å²) >= 11 is 1.64. The number of nitrogens with one attached hydrogen (secondary N) is 2. The summed E-state index contributed by atoms with van der Waals surface area (Å²) in [6.07, 6.45) is 0. The first-order valence-electron chi connectivity index (χ1n) is 7.33. The first-order chi connectivity index (χ1) is 10.7. The summed E-state index contributed by atoms with van der Waals surface area (Å²) in [5.41, 5.74) is 1.68. The van der Waals surface area contributed by atoms with Gasteiger partial charge in [0.1, 0.15) is 6.54 Å². The Morgan fingerprint density at radius 2 is 2.14 bits per heavy atom. The molecule has 0 saturated carbocycles. The SMILES string of the molecule is CC[NH+](CC(=O)NCc1cccs1)Cc1ccccc1C#N. The summed E-state index contributed by atoms with van der Waals surface area (Å²) in [6.45, 7) is 4.58. The van der Waals surface area contributed by atoms with Crippen LogP contribution in [0.25, 0.3) is 0 Å². The van der Waals surface area contributed by atoms with Crippen molar-refractivity contribution in [3.63, 3.8) is 0 Å². The van der Waals surface area contributed by atoms with Gasteiger partial charge in [0.05, 0.1) is 24.7 Å². The fourth-order valence-corrected chi connectivity index (χ4v) is 2.90. The molecule has 2 N–H and O–H groups in total. The lowest BCUT2D eigenvalue weighted by molar-refractivity contribution is -0.904. The van der Waals surface area contributed by atoms with E-state index in [-0.39, 0.29) is 5.91 Å². The number of carbonyl (C=O) groups excluding carboxylic acids is 1. The average molecular weight is 314 g/mol. The van der Waals surface area contributed by atoms with E-state index in [1.54, 1.807) is 11.3 Å². The zero-order valence-electron chi connectivity index (χ0n) is 12.6. The van der Waals surface area contributed by atoms with Gasteiger partial charge in [-0.25, -0.2) is 0 Å². The second kappa shape index (κ2) is 8.32. The topological polar surface area (TPSA) is 57.3 Å². The molecule has 114 valence electrons. The number of quaternary nitrogens is 1. The molecule has 22 heavy (non-hydrogen) atoms. The Hall–Kier alpha value is -2.16. The monoisotopic (exact) mass is 314 g/mol. The largest absolute Gasteiger partial charge is 0.346 e. The van der Waals surface area contributed by atoms with Crippen LogP contribution in [-0.4, -0.2) is 19.0 Å². The first kappa shape index (κ1) is 16.2. The van der Waals surface area contributed by atoms with Crippen molar-refractivity contribution in [2.24, 2.45) is 0 Å². The van der Waals surface area contributed by atoms with Crippen molar-refractivity contribution in [3.8, 4) is 6.07 Å². The minimum absolute atomic E-state index is 0.0414. The molecule has 1 amide bonds. The predicted molar refractivity (Wildman–Crippen MR) is 87.4 cm³/mol. The van der Waals surface area contributed by atoms with E-state index in [1.807, 2.05) is 41.8 Å². The highest BCUT2D eigenvalue weighted by atomic mass is 32.1. The van der Waals surface area contributed by atoms with Crippen molar-refractivity contribution in [1.82, 2.24) is 5.32 Å². The van der Waals surface area contributed by atoms with Gasteiger partial charge in [0.25, 0.3) is 5.91 Å². The van der Waals surface area contributed by atoms with E-state index in [2.05, 4.69) is 18.3 Å². The predicted octanol–water partition coefficient (Wildman–Crippen LogP) is 1.34. The van der Waals surface area contributed by atoms with Crippen LogP contribution < -0.4 is 10.2 Å². The lowest BCUT2D eigenvalue weighted by atomic mass is 10.1. The molecule has 5 heteroatoms. The van der Waals surface area contributed by atoms with Gasteiger partial charge in [-0.1, -0.05) is 24.3 Å². The molecule has 2 aromatic rings. The molecule has 1 unspecified atom stereocenters. The molecule has 0 saturated heterocycles. The number of hydrogen-bond acceptors (Lipinski definition) is 3. The fourth-order valence-electron chi connectivity index (χ4n) is 2.25. The van der Waals surface area contributed by atoms with Crippen LogP contribution in [0.2, 0.25) is 0 Å². The van der Waals surface area contributed by atoms with Gasteiger partial charge in [-0.05, 0) is 24.4 Å². The highest BCUT2D eigenvalue weighted by Gasteiger charge is 2.14. The number of likely N-dealkylation sites (N-methyl/N-ethyl adjacent to an activating group) is 1. The Labute approximate surface area is 135 Å². The molecule has 0 bridgehead atoms. The number of nitrogens with zero attached hydrogens (tertiary/aromatic N) is 1. The van der Waals surface area contributed by atoms with E-state index in [0.717, 1.165) is 21.9 Å². The summed E-state index contributed by atoms with van der Waals surface area (Å²) in [4.78, 5) is 14.4. The number of rotatable bonds is 7. The van der Waals surface area contributed by atoms with E-state index < -0.39 is 0 Å². The Balaban J connectivity index is 1.89. The summed E-state index contributed by atoms with van der Waals surface area (Å²) < 4.78 is 0. The van der Waals surface area contributed by atoms with E-state index in [4.69, 9.17) is 5.26 Å². The maximum absolute atomic E-state index is 12.1. The highest BCUT2D eigenvalue weighted by molar-refractivity contribution is 7.09. The molecule has 0 radical (unpaired) electrons. The number of hydrogen-bond donors (Lipinski definition) is 2.